The number of carboxylic acids is 1. The fourth-order valence-electron chi connectivity index (χ4n) is 1.73. The van der Waals surface area contributed by atoms with E-state index in [9.17, 15) is 9.59 Å². The van der Waals surface area contributed by atoms with Crippen molar-refractivity contribution in [3.8, 4) is 11.3 Å². The number of fused-ring (bicyclic) bond motifs is 1. The summed E-state index contributed by atoms with van der Waals surface area (Å²) in [6.07, 6.45) is 0. The molecule has 94 valence electrons. The van der Waals surface area contributed by atoms with Gasteiger partial charge in [-0.1, -0.05) is 30.3 Å². The van der Waals surface area contributed by atoms with Gasteiger partial charge < -0.3 is 5.11 Å². The predicted octanol–water partition coefficient (Wildman–Crippen LogP) is 0.783. The number of benzene rings is 1. The Morgan fingerprint density at radius 2 is 1.95 bits per heavy atom. The predicted molar refractivity (Wildman–Crippen MR) is 66.0 cm³/mol. The average molecular weight is 256 g/mol. The molecule has 0 bridgehead atoms. The number of hydrogen-bond acceptors (Lipinski definition) is 4. The molecule has 3 aromatic rings. The van der Waals surface area contributed by atoms with E-state index in [-0.39, 0.29) is 11.6 Å². The van der Waals surface area contributed by atoms with E-state index in [4.69, 9.17) is 5.11 Å². The minimum atomic E-state index is -1.24. The first-order valence-electron chi connectivity index (χ1n) is 5.44. The lowest BCUT2D eigenvalue weighted by Crippen LogP contribution is -2.14. The molecule has 2 heterocycles. The van der Waals surface area contributed by atoms with Crippen LogP contribution in [0.3, 0.4) is 0 Å². The van der Waals surface area contributed by atoms with E-state index in [2.05, 4.69) is 15.1 Å². The third kappa shape index (κ3) is 1.86. The van der Waals surface area contributed by atoms with Gasteiger partial charge in [-0.2, -0.15) is 9.50 Å². The standard InChI is InChI=1S/C12H8N4O3/c17-9-6-8(7-4-2-1-3-5-7)13-12-14-10(11(18)19)15-16(9)12/h1-6H,(H,18,19)(H,13,14,15). The Labute approximate surface area is 106 Å². The molecule has 0 fully saturated rings. The molecule has 19 heavy (non-hydrogen) atoms. The lowest BCUT2D eigenvalue weighted by Gasteiger charge is -1.99. The third-order valence-electron chi connectivity index (χ3n) is 2.60. The van der Waals surface area contributed by atoms with Crippen LogP contribution in [-0.2, 0) is 0 Å². The first-order valence-corrected chi connectivity index (χ1v) is 5.44. The SMILES string of the molecule is O=C(O)c1nc2nc(-c3ccccc3)cc(=O)n2[nH]1. The maximum Gasteiger partial charge on any atom is 0.373 e. The van der Waals surface area contributed by atoms with Crippen LogP contribution in [0.1, 0.15) is 10.6 Å². The van der Waals surface area contributed by atoms with Gasteiger partial charge in [0.2, 0.25) is 5.82 Å². The lowest BCUT2D eigenvalue weighted by atomic mass is 10.1. The molecule has 0 saturated carbocycles. The summed E-state index contributed by atoms with van der Waals surface area (Å²) in [5.41, 5.74) is 0.805. The number of aromatic amines is 1. The summed E-state index contributed by atoms with van der Waals surface area (Å²) in [5.74, 6) is -1.54. The van der Waals surface area contributed by atoms with Crippen molar-refractivity contribution < 1.29 is 9.90 Å². The Morgan fingerprint density at radius 1 is 1.21 bits per heavy atom. The van der Waals surface area contributed by atoms with Crippen LogP contribution in [0, 0.1) is 0 Å². The van der Waals surface area contributed by atoms with Crippen LogP contribution in [0.4, 0.5) is 0 Å². The fraction of sp³-hybridized carbons (Fsp3) is 0. The number of carboxylic acid groups (broad SMARTS) is 1. The first kappa shape index (κ1) is 11.1. The second-order valence-electron chi connectivity index (χ2n) is 3.86. The molecule has 7 heteroatoms. The molecule has 7 nitrogen and oxygen atoms in total. The van der Waals surface area contributed by atoms with E-state index >= 15 is 0 Å². The van der Waals surface area contributed by atoms with Gasteiger partial charge in [0.1, 0.15) is 0 Å². The average Bonchev–Trinajstić information content (AvgIpc) is 2.84. The molecular weight excluding hydrogens is 248 g/mol. The second kappa shape index (κ2) is 4.05. The normalized spacial score (nSPS) is 10.7. The van der Waals surface area contributed by atoms with Crippen LogP contribution >= 0.6 is 0 Å². The van der Waals surface area contributed by atoms with Crippen molar-refractivity contribution in [1.29, 1.82) is 0 Å². The highest BCUT2D eigenvalue weighted by Gasteiger charge is 2.13. The summed E-state index contributed by atoms with van der Waals surface area (Å²) < 4.78 is 0.996. The Balaban J connectivity index is 2.25. The van der Waals surface area contributed by atoms with Gasteiger partial charge >= 0.3 is 5.97 Å². The van der Waals surface area contributed by atoms with Crippen LogP contribution < -0.4 is 5.56 Å². The molecule has 0 radical (unpaired) electrons. The van der Waals surface area contributed by atoms with E-state index in [0.29, 0.717) is 5.69 Å². The van der Waals surface area contributed by atoms with E-state index in [1.54, 1.807) is 0 Å². The summed E-state index contributed by atoms with van der Waals surface area (Å²) in [6.45, 7) is 0. The number of nitrogens with one attached hydrogen (secondary N) is 1. The zero-order chi connectivity index (χ0) is 13.4. The summed E-state index contributed by atoms with van der Waals surface area (Å²) in [5, 5.41) is 11.2. The van der Waals surface area contributed by atoms with Gasteiger partial charge in [0.05, 0.1) is 5.69 Å². The number of nitrogens with zero attached hydrogens (tertiary/aromatic N) is 3. The molecule has 0 spiro atoms. The van der Waals surface area contributed by atoms with Gasteiger partial charge in [-0.15, -0.1) is 0 Å². The van der Waals surface area contributed by atoms with Crippen LogP contribution in [-0.4, -0.2) is 30.7 Å². The largest absolute Gasteiger partial charge is 0.475 e. The van der Waals surface area contributed by atoms with Gasteiger partial charge in [0.25, 0.3) is 11.3 Å². The minimum Gasteiger partial charge on any atom is -0.475 e. The Hall–Kier alpha value is -2.96. The topological polar surface area (TPSA) is 100 Å². The highest BCUT2D eigenvalue weighted by molar-refractivity contribution is 5.83. The van der Waals surface area contributed by atoms with Gasteiger partial charge in [0.15, 0.2) is 0 Å². The Morgan fingerprint density at radius 3 is 2.63 bits per heavy atom. The van der Waals surface area contributed by atoms with Crippen LogP contribution in [0.15, 0.2) is 41.2 Å². The van der Waals surface area contributed by atoms with Crippen molar-refractivity contribution in [3.63, 3.8) is 0 Å². The smallest absolute Gasteiger partial charge is 0.373 e. The molecule has 2 aromatic heterocycles. The van der Waals surface area contributed by atoms with E-state index in [0.717, 1.165) is 10.1 Å². The van der Waals surface area contributed by atoms with Gasteiger partial charge in [0, 0.05) is 11.6 Å². The monoisotopic (exact) mass is 256 g/mol. The van der Waals surface area contributed by atoms with Crippen molar-refractivity contribution in [2.24, 2.45) is 0 Å². The summed E-state index contributed by atoms with van der Waals surface area (Å²) in [4.78, 5) is 30.6. The Bertz CT molecular complexity index is 820. The minimum absolute atomic E-state index is 0.0313. The van der Waals surface area contributed by atoms with Gasteiger partial charge in [-0.3, -0.25) is 9.89 Å². The van der Waals surface area contributed by atoms with E-state index in [1.165, 1.54) is 6.07 Å². The quantitative estimate of drug-likeness (QED) is 0.705. The number of aromatic nitrogens is 4. The van der Waals surface area contributed by atoms with Crippen LogP contribution in [0.2, 0.25) is 0 Å². The number of carbonyl (C=O) groups is 1. The second-order valence-corrected chi connectivity index (χ2v) is 3.86. The van der Waals surface area contributed by atoms with Crippen LogP contribution in [0.5, 0.6) is 0 Å². The molecule has 0 saturated heterocycles. The summed E-state index contributed by atoms with van der Waals surface area (Å²) >= 11 is 0. The van der Waals surface area contributed by atoms with Crippen molar-refractivity contribution in [3.05, 3.63) is 52.6 Å². The molecule has 0 unspecified atom stereocenters. The molecule has 3 rings (SSSR count). The molecular formula is C12H8N4O3. The molecule has 1 aromatic carbocycles. The van der Waals surface area contributed by atoms with Crippen LogP contribution in [0.25, 0.3) is 17.0 Å². The molecule has 0 aliphatic heterocycles. The molecule has 0 aliphatic rings. The maximum absolute atomic E-state index is 11.9. The summed E-state index contributed by atoms with van der Waals surface area (Å²) in [6, 6.07) is 10.4. The van der Waals surface area contributed by atoms with Crippen molar-refractivity contribution in [1.82, 2.24) is 19.6 Å². The van der Waals surface area contributed by atoms with E-state index in [1.807, 2.05) is 30.3 Å². The highest BCUT2D eigenvalue weighted by Crippen LogP contribution is 2.14. The lowest BCUT2D eigenvalue weighted by molar-refractivity contribution is 0.0684. The van der Waals surface area contributed by atoms with Crippen molar-refractivity contribution in [2.75, 3.05) is 0 Å². The highest BCUT2D eigenvalue weighted by atomic mass is 16.4. The number of aromatic carboxylic acids is 1. The Kier molecular flexibility index (Phi) is 2.38. The summed E-state index contributed by atoms with van der Waals surface area (Å²) in [7, 11) is 0. The fourth-order valence-corrected chi connectivity index (χ4v) is 1.73. The number of rotatable bonds is 2. The van der Waals surface area contributed by atoms with Gasteiger partial charge in [-0.25, -0.2) is 9.78 Å². The molecule has 0 aliphatic carbocycles. The number of hydrogen-bond donors (Lipinski definition) is 2. The maximum atomic E-state index is 11.9. The number of H-pyrrole nitrogens is 1. The van der Waals surface area contributed by atoms with Crippen molar-refractivity contribution >= 4 is 11.7 Å². The zero-order valence-electron chi connectivity index (χ0n) is 9.57. The van der Waals surface area contributed by atoms with Crippen molar-refractivity contribution in [2.45, 2.75) is 0 Å². The van der Waals surface area contributed by atoms with E-state index < -0.39 is 11.5 Å². The zero-order valence-corrected chi connectivity index (χ0v) is 9.57. The molecule has 0 amide bonds. The molecule has 0 atom stereocenters. The van der Waals surface area contributed by atoms with Gasteiger partial charge in [-0.05, 0) is 0 Å². The first-order chi connectivity index (χ1) is 9.15. The third-order valence-corrected chi connectivity index (χ3v) is 2.60. The molecule has 2 N–H and O–H groups in total.